The van der Waals surface area contributed by atoms with Gasteiger partial charge in [0.15, 0.2) is 0 Å². The molecule has 0 amide bonds. The van der Waals surface area contributed by atoms with E-state index in [0.717, 1.165) is 15.7 Å². The third-order valence-corrected chi connectivity index (χ3v) is 1.98. The molecule has 0 aromatic heterocycles. The maximum absolute atomic E-state index is 5.12. The summed E-state index contributed by atoms with van der Waals surface area (Å²) in [7, 11) is 0. The van der Waals surface area contributed by atoms with Gasteiger partial charge in [-0.3, -0.25) is 0 Å². The van der Waals surface area contributed by atoms with Crippen molar-refractivity contribution in [2.24, 2.45) is 10.9 Å². The van der Waals surface area contributed by atoms with Crippen molar-refractivity contribution in [1.29, 1.82) is 0 Å². The average Bonchev–Trinajstić information content (AvgIpc) is 2.05. The largest absolute Gasteiger partial charge is 0.323 e. The zero-order valence-corrected chi connectivity index (χ0v) is 7.80. The smallest absolute Gasteiger partial charge is 0.0641 e. The van der Waals surface area contributed by atoms with Crippen LogP contribution in [0.3, 0.4) is 0 Å². The minimum atomic E-state index is 0.845. The fourth-order valence-electron chi connectivity index (χ4n) is 0.766. The van der Waals surface area contributed by atoms with Gasteiger partial charge in [0.05, 0.1) is 5.71 Å². The molecule has 0 bridgehead atoms. The van der Waals surface area contributed by atoms with E-state index < -0.39 is 0 Å². The molecule has 0 atom stereocenters. The Balaban J connectivity index is 2.99. The van der Waals surface area contributed by atoms with E-state index >= 15 is 0 Å². The maximum Gasteiger partial charge on any atom is 0.0641 e. The summed E-state index contributed by atoms with van der Waals surface area (Å²) in [6.45, 7) is 1.88. The normalized spacial score (nSPS) is 11.6. The van der Waals surface area contributed by atoms with Gasteiger partial charge in [0, 0.05) is 4.47 Å². The van der Waals surface area contributed by atoms with Gasteiger partial charge in [-0.1, -0.05) is 28.1 Å². The van der Waals surface area contributed by atoms with E-state index in [4.69, 9.17) is 5.84 Å². The fourth-order valence-corrected chi connectivity index (χ4v) is 1.03. The Labute approximate surface area is 74.2 Å². The van der Waals surface area contributed by atoms with E-state index in [1.54, 1.807) is 0 Å². The van der Waals surface area contributed by atoms with Gasteiger partial charge in [-0.05, 0) is 24.6 Å². The van der Waals surface area contributed by atoms with Gasteiger partial charge in [0.25, 0.3) is 0 Å². The molecule has 0 saturated heterocycles. The number of hydrogen-bond acceptors (Lipinski definition) is 2. The van der Waals surface area contributed by atoms with Crippen LogP contribution in [0.2, 0.25) is 0 Å². The molecule has 11 heavy (non-hydrogen) atoms. The number of nitrogens with zero attached hydrogens (tertiary/aromatic N) is 1. The quantitative estimate of drug-likeness (QED) is 0.433. The summed E-state index contributed by atoms with van der Waals surface area (Å²) in [5, 5.41) is 3.59. The highest BCUT2D eigenvalue weighted by atomic mass is 79.9. The van der Waals surface area contributed by atoms with Crippen LogP contribution < -0.4 is 5.84 Å². The topological polar surface area (TPSA) is 38.4 Å². The fraction of sp³-hybridized carbons (Fsp3) is 0.125. The van der Waals surface area contributed by atoms with Gasteiger partial charge in [-0.2, -0.15) is 5.10 Å². The third kappa shape index (κ3) is 2.05. The number of nitrogens with two attached hydrogens (primary N) is 1. The second-order valence-electron chi connectivity index (χ2n) is 2.22. The first-order valence-electron chi connectivity index (χ1n) is 3.24. The summed E-state index contributed by atoms with van der Waals surface area (Å²) in [6, 6.07) is 7.86. The molecule has 0 saturated carbocycles. The molecule has 2 N–H and O–H groups in total. The average molecular weight is 213 g/mol. The van der Waals surface area contributed by atoms with Crippen LogP contribution >= 0.6 is 15.9 Å². The van der Waals surface area contributed by atoms with Gasteiger partial charge in [-0.15, -0.1) is 0 Å². The van der Waals surface area contributed by atoms with Crippen LogP contribution in [0, 0.1) is 0 Å². The summed E-state index contributed by atoms with van der Waals surface area (Å²) in [5.41, 5.74) is 1.90. The highest BCUT2D eigenvalue weighted by molar-refractivity contribution is 9.10. The van der Waals surface area contributed by atoms with E-state index in [2.05, 4.69) is 21.0 Å². The highest BCUT2D eigenvalue weighted by Crippen LogP contribution is 2.10. The van der Waals surface area contributed by atoms with E-state index in [-0.39, 0.29) is 0 Å². The van der Waals surface area contributed by atoms with Crippen molar-refractivity contribution >= 4 is 21.6 Å². The minimum Gasteiger partial charge on any atom is -0.323 e. The molecule has 3 heteroatoms. The molecule has 0 radical (unpaired) electrons. The lowest BCUT2D eigenvalue weighted by Gasteiger charge is -1.97. The second-order valence-corrected chi connectivity index (χ2v) is 3.14. The molecule has 1 aromatic carbocycles. The molecule has 0 fully saturated rings. The SMILES string of the molecule is CC(=NN)c1ccc(Br)cc1. The van der Waals surface area contributed by atoms with Crippen molar-refractivity contribution in [3.8, 4) is 0 Å². The summed E-state index contributed by atoms with van der Waals surface area (Å²) in [5.74, 6) is 5.12. The number of hydrogen-bond donors (Lipinski definition) is 1. The Morgan fingerprint density at radius 2 is 1.91 bits per heavy atom. The van der Waals surface area contributed by atoms with Crippen molar-refractivity contribution in [1.82, 2.24) is 0 Å². The molecule has 1 aromatic rings. The standard InChI is InChI=1S/C8H9BrN2/c1-6(11-10)7-2-4-8(9)5-3-7/h2-5H,10H2,1H3. The Morgan fingerprint density at radius 1 is 1.36 bits per heavy atom. The van der Waals surface area contributed by atoms with Gasteiger partial charge in [0.2, 0.25) is 0 Å². The van der Waals surface area contributed by atoms with Crippen LogP contribution in [0.4, 0.5) is 0 Å². The molecule has 0 unspecified atom stereocenters. The van der Waals surface area contributed by atoms with Gasteiger partial charge >= 0.3 is 0 Å². The first-order valence-corrected chi connectivity index (χ1v) is 4.04. The van der Waals surface area contributed by atoms with E-state index in [9.17, 15) is 0 Å². The molecule has 0 aliphatic heterocycles. The predicted molar refractivity (Wildman–Crippen MR) is 50.5 cm³/mol. The van der Waals surface area contributed by atoms with Crippen LogP contribution in [0.15, 0.2) is 33.8 Å². The van der Waals surface area contributed by atoms with Crippen LogP contribution in [0.25, 0.3) is 0 Å². The Morgan fingerprint density at radius 3 is 2.36 bits per heavy atom. The number of benzene rings is 1. The van der Waals surface area contributed by atoms with Crippen molar-refractivity contribution in [3.05, 3.63) is 34.3 Å². The molecule has 1 rings (SSSR count). The molecule has 0 aliphatic rings. The van der Waals surface area contributed by atoms with Crippen molar-refractivity contribution in [2.75, 3.05) is 0 Å². The minimum absolute atomic E-state index is 0.845. The molecule has 0 heterocycles. The maximum atomic E-state index is 5.12. The first-order chi connectivity index (χ1) is 5.24. The van der Waals surface area contributed by atoms with Gasteiger partial charge < -0.3 is 5.84 Å². The summed E-state index contributed by atoms with van der Waals surface area (Å²) in [6.07, 6.45) is 0. The van der Waals surface area contributed by atoms with Crippen molar-refractivity contribution < 1.29 is 0 Å². The van der Waals surface area contributed by atoms with Gasteiger partial charge in [0.1, 0.15) is 0 Å². The molecular formula is C8H9BrN2. The van der Waals surface area contributed by atoms with Crippen molar-refractivity contribution in [2.45, 2.75) is 6.92 Å². The van der Waals surface area contributed by atoms with Crippen LogP contribution in [-0.2, 0) is 0 Å². The summed E-state index contributed by atoms with van der Waals surface area (Å²) >= 11 is 3.35. The Bertz CT molecular complexity index is 264. The van der Waals surface area contributed by atoms with E-state index in [1.807, 2.05) is 31.2 Å². The third-order valence-electron chi connectivity index (χ3n) is 1.46. The number of halogens is 1. The number of rotatable bonds is 1. The predicted octanol–water partition coefficient (Wildman–Crippen LogP) is 2.13. The van der Waals surface area contributed by atoms with E-state index in [0.29, 0.717) is 0 Å². The molecule has 0 spiro atoms. The Kier molecular flexibility index (Phi) is 2.65. The summed E-state index contributed by atoms with van der Waals surface area (Å²) in [4.78, 5) is 0. The molecule has 58 valence electrons. The molecule has 0 aliphatic carbocycles. The van der Waals surface area contributed by atoms with Crippen molar-refractivity contribution in [3.63, 3.8) is 0 Å². The second kappa shape index (κ2) is 3.53. The highest BCUT2D eigenvalue weighted by Gasteiger charge is 1.94. The zero-order chi connectivity index (χ0) is 8.27. The molecular weight excluding hydrogens is 204 g/mol. The first kappa shape index (κ1) is 8.27. The van der Waals surface area contributed by atoms with Crippen LogP contribution in [0.1, 0.15) is 12.5 Å². The lowest BCUT2D eigenvalue weighted by Crippen LogP contribution is -1.97. The zero-order valence-electron chi connectivity index (χ0n) is 6.21. The lowest BCUT2D eigenvalue weighted by molar-refractivity contribution is 1.24. The Hall–Kier alpha value is -0.830. The van der Waals surface area contributed by atoms with E-state index in [1.165, 1.54) is 0 Å². The van der Waals surface area contributed by atoms with Crippen LogP contribution in [0.5, 0.6) is 0 Å². The summed E-state index contributed by atoms with van der Waals surface area (Å²) < 4.78 is 1.06. The monoisotopic (exact) mass is 212 g/mol. The van der Waals surface area contributed by atoms with Crippen LogP contribution in [-0.4, -0.2) is 5.71 Å². The van der Waals surface area contributed by atoms with Gasteiger partial charge in [-0.25, -0.2) is 0 Å². The molecule has 2 nitrogen and oxygen atoms in total. The number of hydrazone groups is 1. The lowest BCUT2D eigenvalue weighted by atomic mass is 10.1.